The number of piperidine rings is 1. The third-order valence-corrected chi connectivity index (χ3v) is 5.14. The van der Waals surface area contributed by atoms with Gasteiger partial charge in [-0.2, -0.15) is 0 Å². The van der Waals surface area contributed by atoms with Crippen molar-refractivity contribution in [2.75, 3.05) is 25.0 Å². The minimum atomic E-state index is -0.291. The number of likely N-dealkylation sites (tertiary alicyclic amines) is 1. The molecule has 2 aromatic rings. The summed E-state index contributed by atoms with van der Waals surface area (Å²) in [5, 5.41) is 6.42. The van der Waals surface area contributed by atoms with Gasteiger partial charge >= 0.3 is 6.03 Å². The summed E-state index contributed by atoms with van der Waals surface area (Å²) in [6, 6.07) is 6.30. The molecule has 1 fully saturated rings. The standard InChI is InChI=1S/C18H19Cl2N3O3/c19-15-2-1-14(9-16(15)20)22-18(25)21-10-12-3-6-23(7-4-12)17(24)13-5-8-26-11-13/h1-2,5,8-9,11-12H,3-4,6-7,10H2,(H2,21,22,25). The van der Waals surface area contributed by atoms with E-state index in [1.165, 1.54) is 12.5 Å². The Balaban J connectivity index is 1.41. The maximum Gasteiger partial charge on any atom is 0.319 e. The first-order valence-electron chi connectivity index (χ1n) is 8.34. The van der Waals surface area contributed by atoms with Crippen LogP contribution in [0.3, 0.4) is 0 Å². The van der Waals surface area contributed by atoms with Gasteiger partial charge in [0, 0.05) is 25.3 Å². The van der Waals surface area contributed by atoms with Gasteiger partial charge in [-0.3, -0.25) is 4.79 Å². The Kier molecular flexibility index (Phi) is 6.06. The highest BCUT2D eigenvalue weighted by Gasteiger charge is 2.24. The van der Waals surface area contributed by atoms with Crippen molar-refractivity contribution in [3.63, 3.8) is 0 Å². The summed E-state index contributed by atoms with van der Waals surface area (Å²) in [4.78, 5) is 26.1. The number of nitrogens with one attached hydrogen (secondary N) is 2. The fourth-order valence-electron chi connectivity index (χ4n) is 2.90. The van der Waals surface area contributed by atoms with E-state index in [1.807, 2.05) is 4.90 Å². The number of carbonyl (C=O) groups excluding carboxylic acids is 2. The van der Waals surface area contributed by atoms with Gasteiger partial charge in [0.15, 0.2) is 0 Å². The van der Waals surface area contributed by atoms with Gasteiger partial charge < -0.3 is 20.0 Å². The van der Waals surface area contributed by atoms with Gasteiger partial charge in [-0.15, -0.1) is 0 Å². The number of amides is 3. The molecule has 138 valence electrons. The van der Waals surface area contributed by atoms with Gasteiger partial charge in [-0.1, -0.05) is 23.2 Å². The maximum absolute atomic E-state index is 12.3. The van der Waals surface area contributed by atoms with Crippen LogP contribution in [-0.2, 0) is 0 Å². The lowest BCUT2D eigenvalue weighted by Gasteiger charge is -2.31. The van der Waals surface area contributed by atoms with Crippen LogP contribution >= 0.6 is 23.2 Å². The lowest BCUT2D eigenvalue weighted by atomic mass is 9.96. The second kappa shape index (κ2) is 8.47. The quantitative estimate of drug-likeness (QED) is 0.811. The van der Waals surface area contributed by atoms with E-state index in [2.05, 4.69) is 10.6 Å². The summed E-state index contributed by atoms with van der Waals surface area (Å²) < 4.78 is 4.96. The summed E-state index contributed by atoms with van der Waals surface area (Å²) in [5.74, 6) is 0.325. The summed E-state index contributed by atoms with van der Waals surface area (Å²) in [7, 11) is 0. The molecule has 1 aliphatic rings. The average molecular weight is 396 g/mol. The minimum Gasteiger partial charge on any atom is -0.472 e. The second-order valence-electron chi connectivity index (χ2n) is 6.21. The highest BCUT2D eigenvalue weighted by atomic mass is 35.5. The molecule has 1 saturated heterocycles. The Labute approximate surface area is 161 Å². The van der Waals surface area contributed by atoms with Crippen molar-refractivity contribution in [2.45, 2.75) is 12.8 Å². The number of benzene rings is 1. The topological polar surface area (TPSA) is 74.6 Å². The molecule has 2 heterocycles. The van der Waals surface area contributed by atoms with E-state index >= 15 is 0 Å². The Hall–Kier alpha value is -2.18. The molecule has 1 aromatic heterocycles. The number of hydrogen-bond acceptors (Lipinski definition) is 3. The fraction of sp³-hybridized carbons (Fsp3) is 0.333. The fourth-order valence-corrected chi connectivity index (χ4v) is 3.19. The van der Waals surface area contributed by atoms with Gasteiger partial charge in [0.2, 0.25) is 0 Å². The zero-order chi connectivity index (χ0) is 18.5. The van der Waals surface area contributed by atoms with Crippen LogP contribution in [0.25, 0.3) is 0 Å². The zero-order valence-electron chi connectivity index (χ0n) is 14.0. The Morgan fingerprint density at radius 3 is 2.58 bits per heavy atom. The van der Waals surface area contributed by atoms with Crippen molar-refractivity contribution in [3.05, 3.63) is 52.4 Å². The minimum absolute atomic E-state index is 0.0116. The maximum atomic E-state index is 12.3. The van der Waals surface area contributed by atoms with Crippen LogP contribution in [0.15, 0.2) is 41.2 Å². The van der Waals surface area contributed by atoms with E-state index in [1.54, 1.807) is 24.3 Å². The number of hydrogen-bond donors (Lipinski definition) is 2. The third kappa shape index (κ3) is 4.71. The van der Waals surface area contributed by atoms with Crippen LogP contribution in [0.4, 0.5) is 10.5 Å². The molecule has 0 unspecified atom stereocenters. The highest BCUT2D eigenvalue weighted by molar-refractivity contribution is 6.42. The normalized spacial score (nSPS) is 14.9. The van der Waals surface area contributed by atoms with Crippen molar-refractivity contribution in [1.82, 2.24) is 10.2 Å². The van der Waals surface area contributed by atoms with Gasteiger partial charge in [0.05, 0.1) is 21.9 Å². The largest absolute Gasteiger partial charge is 0.472 e. The molecule has 1 aliphatic heterocycles. The average Bonchev–Trinajstić information content (AvgIpc) is 3.18. The summed E-state index contributed by atoms with van der Waals surface area (Å²) in [6.07, 6.45) is 4.65. The Morgan fingerprint density at radius 1 is 1.15 bits per heavy atom. The monoisotopic (exact) mass is 395 g/mol. The number of halogens is 2. The highest BCUT2D eigenvalue weighted by Crippen LogP contribution is 2.25. The van der Waals surface area contributed by atoms with Gasteiger partial charge in [-0.25, -0.2) is 4.79 Å². The van der Waals surface area contributed by atoms with Crippen LogP contribution in [0.2, 0.25) is 10.0 Å². The van der Waals surface area contributed by atoms with Crippen molar-refractivity contribution in [3.8, 4) is 0 Å². The molecular formula is C18H19Cl2N3O3. The number of rotatable bonds is 4. The predicted molar refractivity (Wildman–Crippen MR) is 101 cm³/mol. The smallest absolute Gasteiger partial charge is 0.319 e. The van der Waals surface area contributed by atoms with E-state index in [0.29, 0.717) is 46.8 Å². The van der Waals surface area contributed by atoms with Crippen molar-refractivity contribution in [2.24, 2.45) is 5.92 Å². The van der Waals surface area contributed by atoms with Crippen LogP contribution in [0.1, 0.15) is 23.2 Å². The number of carbonyl (C=O) groups is 2. The van der Waals surface area contributed by atoms with E-state index in [9.17, 15) is 9.59 Å². The zero-order valence-corrected chi connectivity index (χ0v) is 15.5. The van der Waals surface area contributed by atoms with Crippen LogP contribution in [0, 0.1) is 5.92 Å². The lowest BCUT2D eigenvalue weighted by Crippen LogP contribution is -2.42. The molecule has 3 amide bonds. The van der Waals surface area contributed by atoms with Gasteiger partial charge in [0.25, 0.3) is 5.91 Å². The lowest BCUT2D eigenvalue weighted by molar-refractivity contribution is 0.0690. The molecule has 26 heavy (non-hydrogen) atoms. The van der Waals surface area contributed by atoms with Crippen LogP contribution in [-0.4, -0.2) is 36.5 Å². The number of urea groups is 1. The summed E-state index contributed by atoms with van der Waals surface area (Å²) in [5.41, 5.74) is 1.15. The molecule has 8 heteroatoms. The summed E-state index contributed by atoms with van der Waals surface area (Å²) in [6.45, 7) is 1.90. The second-order valence-corrected chi connectivity index (χ2v) is 7.03. The molecule has 0 spiro atoms. The molecule has 6 nitrogen and oxygen atoms in total. The Bertz CT molecular complexity index is 772. The van der Waals surface area contributed by atoms with Crippen molar-refractivity contribution in [1.29, 1.82) is 0 Å². The van der Waals surface area contributed by atoms with Crippen LogP contribution < -0.4 is 10.6 Å². The van der Waals surface area contributed by atoms with Gasteiger partial charge in [0.1, 0.15) is 6.26 Å². The molecular weight excluding hydrogens is 377 g/mol. The molecule has 0 radical (unpaired) electrons. The Morgan fingerprint density at radius 2 is 1.92 bits per heavy atom. The molecule has 0 atom stereocenters. The van der Waals surface area contributed by atoms with E-state index in [-0.39, 0.29) is 11.9 Å². The molecule has 0 bridgehead atoms. The van der Waals surface area contributed by atoms with E-state index in [0.717, 1.165) is 12.8 Å². The van der Waals surface area contributed by atoms with Crippen molar-refractivity contribution < 1.29 is 14.0 Å². The first-order valence-corrected chi connectivity index (χ1v) is 9.10. The van der Waals surface area contributed by atoms with E-state index in [4.69, 9.17) is 27.6 Å². The molecule has 1 aromatic carbocycles. The molecule has 3 rings (SSSR count). The number of anilines is 1. The van der Waals surface area contributed by atoms with Crippen molar-refractivity contribution >= 4 is 40.8 Å². The number of furan rings is 1. The third-order valence-electron chi connectivity index (χ3n) is 4.40. The SMILES string of the molecule is O=C(NCC1CCN(C(=O)c2ccoc2)CC1)Nc1ccc(Cl)c(Cl)c1. The molecule has 0 saturated carbocycles. The first kappa shape index (κ1) is 18.6. The van der Waals surface area contributed by atoms with Gasteiger partial charge in [-0.05, 0) is 43.0 Å². The first-order chi connectivity index (χ1) is 12.5. The number of nitrogens with zero attached hydrogens (tertiary/aromatic N) is 1. The summed E-state index contributed by atoms with van der Waals surface area (Å²) >= 11 is 11.8. The molecule has 0 aliphatic carbocycles. The predicted octanol–water partition coefficient (Wildman–Crippen LogP) is 4.26. The van der Waals surface area contributed by atoms with E-state index < -0.39 is 0 Å². The molecule has 2 N–H and O–H groups in total. The van der Waals surface area contributed by atoms with Crippen LogP contribution in [0.5, 0.6) is 0 Å².